The average Bonchev–Trinajstić information content (AvgIpc) is 3.15. The highest BCUT2D eigenvalue weighted by Gasteiger charge is 2.33. The van der Waals surface area contributed by atoms with Crippen molar-refractivity contribution in [2.24, 2.45) is 0 Å². The predicted octanol–water partition coefficient (Wildman–Crippen LogP) is -0.0939. The zero-order valence-electron chi connectivity index (χ0n) is 13.8. The number of hydrogen-bond acceptors (Lipinski definition) is 6. The predicted molar refractivity (Wildman–Crippen MR) is 93.6 cm³/mol. The minimum atomic E-state index is -3.51. The highest BCUT2D eigenvalue weighted by atomic mass is 32.2. The second-order valence-corrected chi connectivity index (χ2v) is 8.79. The van der Waals surface area contributed by atoms with Crippen LogP contribution in [0.3, 0.4) is 0 Å². The number of aliphatic hydroxyl groups excluding tert-OH is 1. The molecule has 0 unspecified atom stereocenters. The number of carbonyl (C=O) groups is 2. The van der Waals surface area contributed by atoms with Crippen LogP contribution < -0.4 is 10.6 Å². The van der Waals surface area contributed by atoms with E-state index in [9.17, 15) is 18.0 Å². The summed E-state index contributed by atoms with van der Waals surface area (Å²) < 4.78 is 27.3. The van der Waals surface area contributed by atoms with Gasteiger partial charge in [0.05, 0.1) is 6.61 Å². The molecule has 1 aromatic rings. The number of rotatable bonds is 7. The molecule has 3 N–H and O–H groups in total. The summed E-state index contributed by atoms with van der Waals surface area (Å²) in [5.41, 5.74) is 0. The molecular formula is C15H23N3O5S2. The Balaban J connectivity index is 1.91. The van der Waals surface area contributed by atoms with Crippen molar-refractivity contribution in [1.82, 2.24) is 14.9 Å². The zero-order valence-corrected chi connectivity index (χ0v) is 15.4. The summed E-state index contributed by atoms with van der Waals surface area (Å²) in [6.07, 6.45) is 2.93. The number of aliphatic hydroxyl groups is 1. The molecule has 0 aliphatic carbocycles. The van der Waals surface area contributed by atoms with Gasteiger partial charge in [-0.25, -0.2) is 8.42 Å². The number of nitrogens with one attached hydrogen (secondary N) is 2. The normalized spacial score (nSPS) is 18.7. The lowest BCUT2D eigenvalue weighted by Crippen LogP contribution is -2.46. The second kappa shape index (κ2) is 9.27. The van der Waals surface area contributed by atoms with Crippen molar-refractivity contribution in [2.45, 2.75) is 35.9 Å². The third-order valence-electron chi connectivity index (χ3n) is 4.00. The number of piperidine rings is 1. The molecule has 10 heteroatoms. The Morgan fingerprint density at radius 3 is 2.60 bits per heavy atom. The van der Waals surface area contributed by atoms with Crippen molar-refractivity contribution in [2.75, 3.05) is 26.2 Å². The molecule has 8 nitrogen and oxygen atoms in total. The lowest BCUT2D eigenvalue weighted by Gasteiger charge is -2.34. The van der Waals surface area contributed by atoms with Gasteiger partial charge in [0.2, 0.25) is 0 Å². The van der Waals surface area contributed by atoms with Crippen LogP contribution >= 0.6 is 11.3 Å². The van der Waals surface area contributed by atoms with E-state index in [0.29, 0.717) is 17.2 Å². The molecule has 0 bridgehead atoms. The SMILES string of the molecule is O=C(NCCO)C(=O)NCC[C@H]1CCCCN1S(=O)(=O)c1cccs1. The molecule has 0 radical (unpaired) electrons. The number of sulfonamides is 1. The fraction of sp³-hybridized carbons (Fsp3) is 0.600. The van der Waals surface area contributed by atoms with Gasteiger partial charge in [-0.3, -0.25) is 9.59 Å². The molecule has 1 atom stereocenters. The third-order valence-corrected chi connectivity index (χ3v) is 7.32. The van der Waals surface area contributed by atoms with Crippen LogP contribution in [-0.2, 0) is 19.6 Å². The Morgan fingerprint density at radius 1 is 1.24 bits per heavy atom. The lowest BCUT2D eigenvalue weighted by molar-refractivity contribution is -0.139. The first kappa shape index (κ1) is 19.8. The first-order chi connectivity index (χ1) is 12.0. The van der Waals surface area contributed by atoms with Crippen LogP contribution in [0.25, 0.3) is 0 Å². The number of nitrogens with zero attached hydrogens (tertiary/aromatic N) is 1. The van der Waals surface area contributed by atoms with Gasteiger partial charge in [0.1, 0.15) is 4.21 Å². The van der Waals surface area contributed by atoms with Crippen LogP contribution in [0.2, 0.25) is 0 Å². The summed E-state index contributed by atoms with van der Waals surface area (Å²) in [6, 6.07) is 3.11. The minimum absolute atomic E-state index is 0.0156. The van der Waals surface area contributed by atoms with Crippen LogP contribution in [0.1, 0.15) is 25.7 Å². The van der Waals surface area contributed by atoms with Crippen molar-refractivity contribution in [3.8, 4) is 0 Å². The molecular weight excluding hydrogens is 366 g/mol. The van der Waals surface area contributed by atoms with Gasteiger partial charge in [0.25, 0.3) is 10.0 Å². The van der Waals surface area contributed by atoms with Crippen LogP contribution in [0, 0.1) is 0 Å². The molecule has 1 aromatic heterocycles. The highest BCUT2D eigenvalue weighted by Crippen LogP contribution is 2.28. The molecule has 1 aliphatic heterocycles. The number of amides is 2. The van der Waals surface area contributed by atoms with Crippen LogP contribution in [0.4, 0.5) is 0 Å². The van der Waals surface area contributed by atoms with E-state index in [2.05, 4.69) is 10.6 Å². The number of carbonyl (C=O) groups excluding carboxylic acids is 2. The van der Waals surface area contributed by atoms with Crippen LogP contribution in [0.15, 0.2) is 21.7 Å². The summed E-state index contributed by atoms with van der Waals surface area (Å²) in [5, 5.41) is 15.1. The van der Waals surface area contributed by atoms with Gasteiger partial charge >= 0.3 is 11.8 Å². The minimum Gasteiger partial charge on any atom is -0.395 e. The summed E-state index contributed by atoms with van der Waals surface area (Å²) in [4.78, 5) is 23.0. The van der Waals surface area contributed by atoms with Gasteiger partial charge in [0, 0.05) is 25.7 Å². The van der Waals surface area contributed by atoms with Crippen molar-refractivity contribution in [1.29, 1.82) is 0 Å². The molecule has 0 aromatic carbocycles. The molecule has 1 fully saturated rings. The quantitative estimate of drug-likeness (QED) is 0.564. The smallest absolute Gasteiger partial charge is 0.309 e. The highest BCUT2D eigenvalue weighted by molar-refractivity contribution is 7.91. The zero-order chi connectivity index (χ0) is 18.3. The van der Waals surface area contributed by atoms with E-state index < -0.39 is 21.8 Å². The molecule has 2 rings (SSSR count). The van der Waals surface area contributed by atoms with Crippen molar-refractivity contribution < 1.29 is 23.1 Å². The topological polar surface area (TPSA) is 116 Å². The van der Waals surface area contributed by atoms with E-state index in [-0.39, 0.29) is 25.7 Å². The van der Waals surface area contributed by atoms with E-state index in [1.165, 1.54) is 15.6 Å². The average molecular weight is 389 g/mol. The van der Waals surface area contributed by atoms with E-state index >= 15 is 0 Å². The van der Waals surface area contributed by atoms with Gasteiger partial charge in [-0.05, 0) is 30.7 Å². The molecule has 25 heavy (non-hydrogen) atoms. The van der Waals surface area contributed by atoms with Crippen molar-refractivity contribution in [3.05, 3.63) is 17.5 Å². The Bertz CT molecular complexity index is 675. The maximum atomic E-state index is 12.7. The molecule has 140 valence electrons. The Hall–Kier alpha value is -1.49. The fourth-order valence-electron chi connectivity index (χ4n) is 2.79. The van der Waals surface area contributed by atoms with Gasteiger partial charge in [0.15, 0.2) is 0 Å². The van der Waals surface area contributed by atoms with E-state index in [4.69, 9.17) is 5.11 Å². The Labute approximate surface area is 151 Å². The molecule has 0 spiro atoms. The first-order valence-electron chi connectivity index (χ1n) is 8.19. The fourth-order valence-corrected chi connectivity index (χ4v) is 5.63. The van der Waals surface area contributed by atoms with Gasteiger partial charge in [-0.15, -0.1) is 11.3 Å². The monoisotopic (exact) mass is 389 g/mol. The van der Waals surface area contributed by atoms with Crippen molar-refractivity contribution in [3.63, 3.8) is 0 Å². The summed E-state index contributed by atoms with van der Waals surface area (Å²) in [5.74, 6) is -1.59. The summed E-state index contributed by atoms with van der Waals surface area (Å²) >= 11 is 1.19. The van der Waals surface area contributed by atoms with Crippen LogP contribution in [0.5, 0.6) is 0 Å². The second-order valence-electron chi connectivity index (χ2n) is 5.72. The molecule has 2 amide bonds. The molecule has 2 heterocycles. The van der Waals surface area contributed by atoms with Gasteiger partial charge in [-0.2, -0.15) is 4.31 Å². The van der Waals surface area contributed by atoms with E-state index in [1.54, 1.807) is 17.5 Å². The van der Waals surface area contributed by atoms with Crippen molar-refractivity contribution >= 4 is 33.2 Å². The number of thiophene rings is 1. The van der Waals surface area contributed by atoms with E-state index in [1.807, 2.05) is 0 Å². The van der Waals surface area contributed by atoms with Gasteiger partial charge in [-0.1, -0.05) is 12.5 Å². The Morgan fingerprint density at radius 2 is 1.96 bits per heavy atom. The molecule has 1 aliphatic rings. The summed E-state index contributed by atoms with van der Waals surface area (Å²) in [7, 11) is -3.51. The number of hydrogen-bond donors (Lipinski definition) is 3. The van der Waals surface area contributed by atoms with Gasteiger partial charge < -0.3 is 15.7 Å². The lowest BCUT2D eigenvalue weighted by atomic mass is 10.0. The van der Waals surface area contributed by atoms with Crippen LogP contribution in [-0.4, -0.2) is 61.9 Å². The molecule has 0 saturated carbocycles. The molecule has 1 saturated heterocycles. The largest absolute Gasteiger partial charge is 0.395 e. The maximum Gasteiger partial charge on any atom is 0.309 e. The Kier molecular flexibility index (Phi) is 7.36. The third kappa shape index (κ3) is 5.24. The first-order valence-corrected chi connectivity index (χ1v) is 10.5. The maximum absolute atomic E-state index is 12.7. The summed E-state index contributed by atoms with van der Waals surface area (Å²) in [6.45, 7) is 0.459. The standard InChI is InChI=1S/C15H23N3O5S2/c19-10-8-17-15(21)14(20)16-7-6-12-4-1-2-9-18(12)25(22,23)13-5-3-11-24-13/h3,5,11-12,19H,1-2,4,6-10H2,(H,16,20)(H,17,21)/t12-/m1/s1. The van der Waals surface area contributed by atoms with E-state index in [0.717, 1.165) is 19.3 Å².